The highest BCUT2D eigenvalue weighted by atomic mass is 16.5. The number of methoxy groups -OCH3 is 2. The number of carbonyl (C=O) groups is 1. The minimum Gasteiger partial charge on any atom is -0.497 e. The molecule has 1 heterocycles. The molecule has 1 aromatic rings. The lowest BCUT2D eigenvalue weighted by Crippen LogP contribution is -2.25. The zero-order valence-corrected chi connectivity index (χ0v) is 12.0. The fourth-order valence-electron chi connectivity index (χ4n) is 2.25. The van der Waals surface area contributed by atoms with Crippen molar-refractivity contribution in [1.82, 2.24) is 5.32 Å². The summed E-state index contributed by atoms with van der Waals surface area (Å²) in [5.74, 6) is 1.85. The van der Waals surface area contributed by atoms with Crippen LogP contribution in [0.15, 0.2) is 18.2 Å². The van der Waals surface area contributed by atoms with Crippen molar-refractivity contribution in [3.63, 3.8) is 0 Å². The summed E-state index contributed by atoms with van der Waals surface area (Å²) in [4.78, 5) is 11.9. The van der Waals surface area contributed by atoms with Crippen molar-refractivity contribution < 1.29 is 19.0 Å². The number of benzene rings is 1. The summed E-state index contributed by atoms with van der Waals surface area (Å²) in [6, 6.07) is 5.59. The largest absolute Gasteiger partial charge is 0.497 e. The number of ether oxygens (including phenoxy) is 3. The molecule has 5 heteroatoms. The third kappa shape index (κ3) is 4.13. The highest BCUT2D eigenvalue weighted by molar-refractivity contribution is 5.76. The fraction of sp³-hybridized carbons (Fsp3) is 0.533. The predicted molar refractivity (Wildman–Crippen MR) is 74.9 cm³/mol. The Hall–Kier alpha value is -1.75. The smallest absolute Gasteiger partial charge is 0.220 e. The molecule has 110 valence electrons. The maximum absolute atomic E-state index is 11.9. The van der Waals surface area contributed by atoms with Gasteiger partial charge in [0.05, 0.1) is 14.2 Å². The van der Waals surface area contributed by atoms with Crippen LogP contribution in [-0.2, 0) is 16.1 Å². The van der Waals surface area contributed by atoms with Crippen LogP contribution in [0.4, 0.5) is 0 Å². The zero-order valence-electron chi connectivity index (χ0n) is 12.0. The predicted octanol–water partition coefficient (Wildman–Crippen LogP) is 1.75. The molecule has 1 N–H and O–H groups in total. The van der Waals surface area contributed by atoms with E-state index >= 15 is 0 Å². The molecule has 2 rings (SSSR count). The van der Waals surface area contributed by atoms with Crippen molar-refractivity contribution in [1.29, 1.82) is 0 Å². The van der Waals surface area contributed by atoms with E-state index < -0.39 is 0 Å². The van der Waals surface area contributed by atoms with Crippen LogP contribution in [-0.4, -0.2) is 33.3 Å². The standard InChI is InChI=1S/C15H21NO4/c1-18-13-5-12(6-14(8-13)19-2)9-16-15(17)7-11-3-4-20-10-11/h5-6,8,11H,3-4,7,9-10H2,1-2H3,(H,16,17). The van der Waals surface area contributed by atoms with Gasteiger partial charge in [0.25, 0.3) is 0 Å². The van der Waals surface area contributed by atoms with E-state index in [1.54, 1.807) is 20.3 Å². The van der Waals surface area contributed by atoms with Gasteiger partial charge in [0.1, 0.15) is 11.5 Å². The van der Waals surface area contributed by atoms with Gasteiger partial charge in [0, 0.05) is 32.2 Å². The molecule has 20 heavy (non-hydrogen) atoms. The van der Waals surface area contributed by atoms with Gasteiger partial charge in [-0.15, -0.1) is 0 Å². The van der Waals surface area contributed by atoms with Crippen LogP contribution in [0.3, 0.4) is 0 Å². The van der Waals surface area contributed by atoms with E-state index in [1.165, 1.54) is 0 Å². The average Bonchev–Trinajstić information content (AvgIpc) is 2.97. The molecule has 0 saturated carbocycles. The van der Waals surface area contributed by atoms with E-state index in [-0.39, 0.29) is 5.91 Å². The summed E-state index contributed by atoms with van der Waals surface area (Å²) in [6.07, 6.45) is 1.50. The molecule has 1 fully saturated rings. The molecule has 0 radical (unpaired) electrons. The van der Waals surface area contributed by atoms with Gasteiger partial charge in [-0.2, -0.15) is 0 Å². The van der Waals surface area contributed by atoms with Crippen molar-refractivity contribution in [2.24, 2.45) is 5.92 Å². The van der Waals surface area contributed by atoms with E-state index in [0.29, 0.717) is 25.5 Å². The first-order chi connectivity index (χ1) is 9.71. The number of amides is 1. The third-order valence-corrected chi connectivity index (χ3v) is 3.40. The molecule has 1 aromatic carbocycles. The molecule has 1 aliphatic rings. The Morgan fingerprint density at radius 2 is 2.00 bits per heavy atom. The van der Waals surface area contributed by atoms with Crippen LogP contribution in [0.2, 0.25) is 0 Å². The van der Waals surface area contributed by atoms with Crippen molar-refractivity contribution in [3.05, 3.63) is 23.8 Å². The lowest BCUT2D eigenvalue weighted by atomic mass is 10.0. The number of nitrogens with one attached hydrogen (secondary N) is 1. The Morgan fingerprint density at radius 3 is 2.55 bits per heavy atom. The molecule has 1 unspecified atom stereocenters. The molecule has 1 saturated heterocycles. The average molecular weight is 279 g/mol. The maximum Gasteiger partial charge on any atom is 0.220 e. The molecular weight excluding hydrogens is 258 g/mol. The van der Waals surface area contributed by atoms with Gasteiger partial charge in [-0.25, -0.2) is 0 Å². The Kier molecular flexibility index (Phi) is 5.24. The van der Waals surface area contributed by atoms with Gasteiger partial charge in [-0.1, -0.05) is 0 Å². The van der Waals surface area contributed by atoms with Crippen molar-refractivity contribution in [2.45, 2.75) is 19.4 Å². The second-order valence-electron chi connectivity index (χ2n) is 4.93. The first-order valence-electron chi connectivity index (χ1n) is 6.77. The maximum atomic E-state index is 11.9. The summed E-state index contributed by atoms with van der Waals surface area (Å²) in [5.41, 5.74) is 0.956. The molecule has 0 bridgehead atoms. The third-order valence-electron chi connectivity index (χ3n) is 3.40. The fourth-order valence-corrected chi connectivity index (χ4v) is 2.25. The first kappa shape index (κ1) is 14.7. The summed E-state index contributed by atoms with van der Waals surface area (Å²) in [7, 11) is 3.22. The van der Waals surface area contributed by atoms with E-state index in [0.717, 1.165) is 30.1 Å². The first-order valence-corrected chi connectivity index (χ1v) is 6.77. The van der Waals surface area contributed by atoms with Crippen LogP contribution in [0.1, 0.15) is 18.4 Å². The molecule has 1 aliphatic heterocycles. The van der Waals surface area contributed by atoms with Gasteiger partial charge < -0.3 is 19.5 Å². The van der Waals surface area contributed by atoms with Gasteiger partial charge in [0.15, 0.2) is 0 Å². The number of hydrogen-bond donors (Lipinski definition) is 1. The van der Waals surface area contributed by atoms with Crippen LogP contribution in [0.5, 0.6) is 11.5 Å². The topological polar surface area (TPSA) is 56.8 Å². The van der Waals surface area contributed by atoms with E-state index in [4.69, 9.17) is 14.2 Å². The molecule has 0 spiro atoms. The number of rotatable bonds is 6. The molecule has 0 aliphatic carbocycles. The van der Waals surface area contributed by atoms with E-state index in [1.807, 2.05) is 12.1 Å². The quantitative estimate of drug-likeness (QED) is 0.862. The van der Waals surface area contributed by atoms with Crippen LogP contribution in [0.25, 0.3) is 0 Å². The summed E-state index contributed by atoms with van der Waals surface area (Å²) < 4.78 is 15.7. The van der Waals surface area contributed by atoms with Crippen molar-refractivity contribution in [3.8, 4) is 11.5 Å². The second-order valence-corrected chi connectivity index (χ2v) is 4.93. The molecular formula is C15H21NO4. The molecule has 1 amide bonds. The lowest BCUT2D eigenvalue weighted by molar-refractivity contribution is -0.122. The normalized spacial score (nSPS) is 17.8. The minimum atomic E-state index is 0.0577. The molecule has 5 nitrogen and oxygen atoms in total. The zero-order chi connectivity index (χ0) is 14.4. The lowest BCUT2D eigenvalue weighted by Gasteiger charge is -2.11. The van der Waals surface area contributed by atoms with Crippen LogP contribution < -0.4 is 14.8 Å². The number of hydrogen-bond acceptors (Lipinski definition) is 4. The summed E-state index contributed by atoms with van der Waals surface area (Å²) >= 11 is 0. The molecule has 1 atom stereocenters. The van der Waals surface area contributed by atoms with Gasteiger partial charge >= 0.3 is 0 Å². The Balaban J connectivity index is 1.87. The highest BCUT2D eigenvalue weighted by Crippen LogP contribution is 2.22. The van der Waals surface area contributed by atoms with Gasteiger partial charge in [-0.3, -0.25) is 4.79 Å². The van der Waals surface area contributed by atoms with E-state index in [2.05, 4.69) is 5.32 Å². The monoisotopic (exact) mass is 279 g/mol. The Morgan fingerprint density at radius 1 is 1.30 bits per heavy atom. The van der Waals surface area contributed by atoms with Crippen LogP contribution in [0, 0.1) is 5.92 Å². The minimum absolute atomic E-state index is 0.0577. The van der Waals surface area contributed by atoms with Crippen molar-refractivity contribution >= 4 is 5.91 Å². The Labute approximate surface area is 119 Å². The SMILES string of the molecule is COc1cc(CNC(=O)CC2CCOC2)cc(OC)c1. The van der Waals surface area contributed by atoms with Gasteiger partial charge in [0.2, 0.25) is 5.91 Å². The number of carbonyl (C=O) groups excluding carboxylic acids is 1. The van der Waals surface area contributed by atoms with Gasteiger partial charge in [-0.05, 0) is 30.0 Å². The Bertz CT molecular complexity index is 433. The second kappa shape index (κ2) is 7.14. The highest BCUT2D eigenvalue weighted by Gasteiger charge is 2.18. The van der Waals surface area contributed by atoms with E-state index in [9.17, 15) is 4.79 Å². The molecule has 0 aromatic heterocycles. The van der Waals surface area contributed by atoms with Crippen molar-refractivity contribution in [2.75, 3.05) is 27.4 Å². The summed E-state index contributed by atoms with van der Waals surface area (Å²) in [5, 5.41) is 2.92. The van der Waals surface area contributed by atoms with Crippen LogP contribution >= 0.6 is 0 Å². The summed E-state index contributed by atoms with van der Waals surface area (Å²) in [6.45, 7) is 1.94.